The highest BCUT2D eigenvalue weighted by atomic mass is 16.5. The van der Waals surface area contributed by atoms with Crippen molar-refractivity contribution in [1.82, 2.24) is 25.5 Å². The van der Waals surface area contributed by atoms with Gasteiger partial charge in [-0.15, -0.1) is 5.10 Å². The van der Waals surface area contributed by atoms with Gasteiger partial charge in [-0.05, 0) is 35.4 Å². The number of amides is 1. The summed E-state index contributed by atoms with van der Waals surface area (Å²) in [6.07, 6.45) is 2.26. The predicted octanol–water partition coefficient (Wildman–Crippen LogP) is 1.84. The normalized spacial score (nSPS) is 14.4. The molecule has 1 amide bonds. The molecular formula is C19H17N5O3. The van der Waals surface area contributed by atoms with E-state index < -0.39 is 12.1 Å². The van der Waals surface area contributed by atoms with Crippen LogP contribution in [0.15, 0.2) is 60.9 Å². The molecule has 1 fully saturated rings. The number of carbonyl (C=O) groups excluding carboxylic acids is 2. The lowest BCUT2D eigenvalue weighted by Crippen LogP contribution is -2.33. The smallest absolute Gasteiger partial charge is 0.341 e. The average Bonchev–Trinajstić information content (AvgIpc) is 3.35. The first kappa shape index (κ1) is 16.9. The lowest BCUT2D eigenvalue weighted by Gasteiger charge is -2.18. The third-order valence-electron chi connectivity index (χ3n) is 4.21. The van der Waals surface area contributed by atoms with E-state index in [4.69, 9.17) is 4.74 Å². The van der Waals surface area contributed by atoms with Crippen LogP contribution in [0.1, 0.15) is 34.9 Å². The van der Waals surface area contributed by atoms with Crippen LogP contribution in [0.4, 0.5) is 0 Å². The Bertz CT molecular complexity index is 939. The third kappa shape index (κ3) is 3.84. The first-order valence-corrected chi connectivity index (χ1v) is 8.61. The number of ether oxygens (including phenoxy) is 1. The Labute approximate surface area is 155 Å². The van der Waals surface area contributed by atoms with E-state index in [0.717, 1.165) is 12.8 Å². The van der Waals surface area contributed by atoms with Crippen LogP contribution in [0.25, 0.3) is 5.69 Å². The van der Waals surface area contributed by atoms with Crippen LogP contribution in [0.5, 0.6) is 0 Å². The van der Waals surface area contributed by atoms with Gasteiger partial charge in [0.25, 0.3) is 5.91 Å². The van der Waals surface area contributed by atoms with Gasteiger partial charge in [0.15, 0.2) is 0 Å². The maximum absolute atomic E-state index is 12.9. The highest BCUT2D eigenvalue weighted by Gasteiger charge is 2.31. The molecule has 3 aromatic rings. The topological polar surface area (TPSA) is 99.0 Å². The maximum Gasteiger partial charge on any atom is 0.341 e. The molecule has 136 valence electrons. The Morgan fingerprint density at radius 3 is 2.52 bits per heavy atom. The van der Waals surface area contributed by atoms with Crippen LogP contribution in [0, 0.1) is 0 Å². The monoisotopic (exact) mass is 363 g/mol. The Balaban J connectivity index is 1.61. The standard InChI is InChI=1S/C19H17N5O3/c25-18(21-14-10-11-14)17(13-6-2-1-3-7-13)27-19(26)15-8-4-5-9-16(15)24-12-20-22-23-24/h1-9,12,14,17H,10-11H2,(H,21,25)/t17-/m0/s1. The summed E-state index contributed by atoms with van der Waals surface area (Å²) in [5.74, 6) is -0.946. The fraction of sp³-hybridized carbons (Fsp3) is 0.211. The van der Waals surface area contributed by atoms with Crippen molar-refractivity contribution in [2.45, 2.75) is 25.0 Å². The molecule has 1 aliphatic carbocycles. The van der Waals surface area contributed by atoms with Crippen LogP contribution in [-0.2, 0) is 9.53 Å². The van der Waals surface area contributed by atoms with E-state index in [2.05, 4.69) is 20.8 Å². The molecule has 0 unspecified atom stereocenters. The summed E-state index contributed by atoms with van der Waals surface area (Å²) in [6, 6.07) is 15.9. The zero-order valence-electron chi connectivity index (χ0n) is 14.4. The molecule has 8 heteroatoms. The van der Waals surface area contributed by atoms with Crippen molar-refractivity contribution in [3.63, 3.8) is 0 Å². The van der Waals surface area contributed by atoms with Gasteiger partial charge < -0.3 is 10.1 Å². The van der Waals surface area contributed by atoms with E-state index in [1.54, 1.807) is 48.5 Å². The molecule has 4 rings (SSSR count). The van der Waals surface area contributed by atoms with Gasteiger partial charge in [0.2, 0.25) is 6.10 Å². The van der Waals surface area contributed by atoms with Crippen LogP contribution in [0.3, 0.4) is 0 Å². The van der Waals surface area contributed by atoms with Crippen LogP contribution >= 0.6 is 0 Å². The lowest BCUT2D eigenvalue weighted by atomic mass is 10.1. The fourth-order valence-corrected chi connectivity index (χ4v) is 2.69. The molecule has 0 radical (unpaired) electrons. The third-order valence-corrected chi connectivity index (χ3v) is 4.21. The molecule has 1 aromatic heterocycles. The van der Waals surface area contributed by atoms with Crippen LogP contribution in [0.2, 0.25) is 0 Å². The van der Waals surface area contributed by atoms with Gasteiger partial charge in [-0.25, -0.2) is 4.79 Å². The summed E-state index contributed by atoms with van der Waals surface area (Å²) in [6.45, 7) is 0. The summed E-state index contributed by atoms with van der Waals surface area (Å²) in [5, 5.41) is 13.9. The minimum Gasteiger partial charge on any atom is -0.444 e. The molecule has 0 saturated heterocycles. The van der Waals surface area contributed by atoms with Crippen molar-refractivity contribution in [1.29, 1.82) is 0 Å². The molecule has 8 nitrogen and oxygen atoms in total. The fourth-order valence-electron chi connectivity index (χ4n) is 2.69. The number of hydrogen-bond donors (Lipinski definition) is 1. The number of tetrazole rings is 1. The van der Waals surface area contributed by atoms with Gasteiger partial charge in [0, 0.05) is 11.6 Å². The second-order valence-corrected chi connectivity index (χ2v) is 6.25. The van der Waals surface area contributed by atoms with Crippen molar-refractivity contribution in [2.75, 3.05) is 0 Å². The molecule has 1 saturated carbocycles. The number of esters is 1. The Morgan fingerprint density at radius 1 is 1.07 bits per heavy atom. The molecule has 0 aliphatic heterocycles. The van der Waals surface area contributed by atoms with E-state index >= 15 is 0 Å². The minimum atomic E-state index is -1.03. The van der Waals surface area contributed by atoms with E-state index in [1.165, 1.54) is 11.0 Å². The number of aromatic nitrogens is 4. The van der Waals surface area contributed by atoms with E-state index in [-0.39, 0.29) is 17.5 Å². The Morgan fingerprint density at radius 2 is 1.81 bits per heavy atom. The largest absolute Gasteiger partial charge is 0.444 e. The molecule has 2 aromatic carbocycles. The SMILES string of the molecule is O=C(O[C@H](C(=O)NC1CC1)c1ccccc1)c1ccccc1-n1cnnn1. The maximum atomic E-state index is 12.9. The first-order valence-electron chi connectivity index (χ1n) is 8.61. The minimum absolute atomic E-state index is 0.163. The molecule has 27 heavy (non-hydrogen) atoms. The van der Waals surface area contributed by atoms with E-state index in [9.17, 15) is 9.59 Å². The molecule has 1 heterocycles. The summed E-state index contributed by atoms with van der Waals surface area (Å²) in [5.41, 5.74) is 1.36. The highest BCUT2D eigenvalue weighted by Crippen LogP contribution is 2.25. The Hall–Kier alpha value is -3.55. The van der Waals surface area contributed by atoms with Crippen molar-refractivity contribution in [3.8, 4) is 5.69 Å². The van der Waals surface area contributed by atoms with Crippen molar-refractivity contribution in [2.24, 2.45) is 0 Å². The number of nitrogens with zero attached hydrogens (tertiary/aromatic N) is 4. The number of carbonyl (C=O) groups is 2. The van der Waals surface area contributed by atoms with Gasteiger partial charge >= 0.3 is 5.97 Å². The number of rotatable bonds is 6. The second-order valence-electron chi connectivity index (χ2n) is 6.25. The first-order chi connectivity index (χ1) is 13.2. The van der Waals surface area contributed by atoms with E-state index in [0.29, 0.717) is 11.3 Å². The van der Waals surface area contributed by atoms with Gasteiger partial charge in [-0.1, -0.05) is 42.5 Å². The molecular weight excluding hydrogens is 346 g/mol. The van der Waals surface area contributed by atoms with E-state index in [1.807, 2.05) is 6.07 Å². The second kappa shape index (κ2) is 7.36. The van der Waals surface area contributed by atoms with Gasteiger partial charge in [0.1, 0.15) is 6.33 Å². The van der Waals surface area contributed by atoms with Gasteiger partial charge in [-0.3, -0.25) is 4.79 Å². The summed E-state index contributed by atoms with van der Waals surface area (Å²) < 4.78 is 6.99. The van der Waals surface area contributed by atoms with Crippen LogP contribution in [-0.4, -0.2) is 38.1 Å². The highest BCUT2D eigenvalue weighted by molar-refractivity contribution is 5.95. The molecule has 0 bridgehead atoms. The Kier molecular flexibility index (Phi) is 4.61. The van der Waals surface area contributed by atoms with Gasteiger partial charge in [-0.2, -0.15) is 4.68 Å². The van der Waals surface area contributed by atoms with Crippen molar-refractivity contribution < 1.29 is 14.3 Å². The number of benzene rings is 2. The molecule has 1 N–H and O–H groups in total. The number of hydrogen-bond acceptors (Lipinski definition) is 6. The zero-order chi connectivity index (χ0) is 18.6. The molecule has 1 atom stereocenters. The summed E-state index contributed by atoms with van der Waals surface area (Å²) >= 11 is 0. The van der Waals surface area contributed by atoms with Crippen molar-refractivity contribution >= 4 is 11.9 Å². The quantitative estimate of drug-likeness (QED) is 0.671. The van der Waals surface area contributed by atoms with Gasteiger partial charge in [0.05, 0.1) is 11.3 Å². The number of nitrogens with one attached hydrogen (secondary N) is 1. The molecule has 1 aliphatic rings. The molecule has 0 spiro atoms. The number of para-hydroxylation sites is 1. The predicted molar refractivity (Wildman–Crippen MR) is 94.9 cm³/mol. The summed E-state index contributed by atoms with van der Waals surface area (Å²) in [7, 11) is 0. The zero-order valence-corrected chi connectivity index (χ0v) is 14.4. The summed E-state index contributed by atoms with van der Waals surface area (Å²) in [4.78, 5) is 25.5. The lowest BCUT2D eigenvalue weighted by molar-refractivity contribution is -0.130. The van der Waals surface area contributed by atoms with Crippen molar-refractivity contribution in [3.05, 3.63) is 72.1 Å². The average molecular weight is 363 g/mol. The van der Waals surface area contributed by atoms with Crippen LogP contribution < -0.4 is 5.32 Å².